The first-order chi connectivity index (χ1) is 27.5. The normalized spacial score (nSPS) is 14.6. The molecule has 1 amide bonds. The first-order valence-corrected chi connectivity index (χ1v) is 25.3. The van der Waals surface area contributed by atoms with E-state index < -0.39 is 26.6 Å². The van der Waals surface area contributed by atoms with Crippen LogP contribution in [0.4, 0.5) is 0 Å². The molecule has 0 rings (SSSR count). The molecular weight excluding hydrogens is 732 g/mol. The summed E-state index contributed by atoms with van der Waals surface area (Å²) in [6.07, 6.45) is 49.2. The van der Waals surface area contributed by atoms with Crippen molar-refractivity contribution < 1.29 is 32.9 Å². The highest BCUT2D eigenvalue weighted by molar-refractivity contribution is 7.45. The summed E-state index contributed by atoms with van der Waals surface area (Å²) in [6, 6.07) is -0.905. The topological polar surface area (TPSA) is 108 Å². The lowest BCUT2D eigenvalue weighted by molar-refractivity contribution is -0.870. The fourth-order valence-electron chi connectivity index (χ4n) is 6.75. The lowest BCUT2D eigenvalue weighted by Crippen LogP contribution is -2.45. The molecule has 0 heterocycles. The smallest absolute Gasteiger partial charge is 0.268 e. The minimum Gasteiger partial charge on any atom is -0.756 e. The minimum absolute atomic E-state index is 0.00791. The fraction of sp³-hybridized carbons (Fsp3) is 0.854. The number of quaternary nitrogens is 1. The van der Waals surface area contributed by atoms with Crippen LogP contribution in [0, 0.1) is 0 Å². The van der Waals surface area contributed by atoms with Crippen LogP contribution in [-0.4, -0.2) is 68.5 Å². The molecule has 8 nitrogen and oxygen atoms in total. The van der Waals surface area contributed by atoms with E-state index >= 15 is 0 Å². The Balaban J connectivity index is 4.35. The van der Waals surface area contributed by atoms with Gasteiger partial charge in [0.25, 0.3) is 7.82 Å². The van der Waals surface area contributed by atoms with Gasteiger partial charge in [0.05, 0.1) is 39.9 Å². The van der Waals surface area contributed by atoms with Crippen molar-refractivity contribution in [1.82, 2.24) is 5.32 Å². The highest BCUT2D eigenvalue weighted by Crippen LogP contribution is 2.38. The molecule has 0 radical (unpaired) electrons. The maximum Gasteiger partial charge on any atom is 0.268 e. The molecule has 0 aliphatic rings. The van der Waals surface area contributed by atoms with Gasteiger partial charge in [0, 0.05) is 6.42 Å². The predicted molar refractivity (Wildman–Crippen MR) is 242 cm³/mol. The van der Waals surface area contributed by atoms with Gasteiger partial charge in [0.15, 0.2) is 0 Å². The Morgan fingerprint density at radius 1 is 0.596 bits per heavy atom. The van der Waals surface area contributed by atoms with Gasteiger partial charge < -0.3 is 28.8 Å². The first kappa shape index (κ1) is 55.7. The Morgan fingerprint density at radius 2 is 0.982 bits per heavy atom. The number of nitrogens with one attached hydrogen (secondary N) is 1. The zero-order valence-corrected chi connectivity index (χ0v) is 38.9. The highest BCUT2D eigenvalue weighted by Gasteiger charge is 2.23. The van der Waals surface area contributed by atoms with Crippen LogP contribution in [0.3, 0.4) is 0 Å². The van der Waals surface area contributed by atoms with Gasteiger partial charge in [-0.05, 0) is 57.8 Å². The summed E-state index contributed by atoms with van der Waals surface area (Å²) in [6.45, 7) is 4.60. The molecular formula is C48H93N2O6P. The number of aliphatic hydroxyl groups is 1. The molecule has 0 saturated heterocycles. The number of allylic oxidation sites excluding steroid dienone is 5. The second-order valence-corrected chi connectivity index (χ2v) is 18.9. The lowest BCUT2D eigenvalue weighted by atomic mass is 10.0. The van der Waals surface area contributed by atoms with Crippen molar-refractivity contribution in [3.8, 4) is 0 Å². The van der Waals surface area contributed by atoms with Gasteiger partial charge in [0.2, 0.25) is 5.91 Å². The Labute approximate surface area is 353 Å². The SMILES string of the molecule is CCCCC/C=C\CCCCCCCC(=O)NC(COP(=O)([O-])OCC[N+](C)(C)C)C(O)/C=C/CC/C=C/CCCCCCCCCCCCCCCCCCC. The molecule has 0 spiro atoms. The standard InChI is InChI=1S/C48H93N2O6P/c1-6-8-10-12-14-16-18-20-21-22-23-24-25-26-27-28-29-30-31-33-35-37-39-41-47(51)46(45-56-57(53,54)55-44-43-50(3,4)5)49-48(52)42-40-38-36-34-32-19-17-15-13-11-9-7-2/h15,17,31,33,39,41,46-47,51H,6-14,16,18-30,32,34-38,40,42-45H2,1-5H3,(H-,49,52,53,54)/b17-15-,33-31+,41-39+. The quantitative estimate of drug-likeness (QED) is 0.0274. The van der Waals surface area contributed by atoms with E-state index in [1.165, 1.54) is 135 Å². The van der Waals surface area contributed by atoms with E-state index in [9.17, 15) is 19.4 Å². The number of rotatable bonds is 43. The van der Waals surface area contributed by atoms with E-state index in [0.29, 0.717) is 17.4 Å². The Hall–Kier alpha value is -1.28. The van der Waals surface area contributed by atoms with E-state index in [1.54, 1.807) is 6.08 Å². The first-order valence-electron chi connectivity index (χ1n) is 23.9. The van der Waals surface area contributed by atoms with Crippen molar-refractivity contribution in [3.05, 3.63) is 36.5 Å². The van der Waals surface area contributed by atoms with Gasteiger partial charge in [0.1, 0.15) is 13.2 Å². The predicted octanol–water partition coefficient (Wildman–Crippen LogP) is 12.8. The number of nitrogens with zero attached hydrogens (tertiary/aromatic N) is 1. The Morgan fingerprint density at radius 3 is 1.46 bits per heavy atom. The van der Waals surface area contributed by atoms with Crippen LogP contribution in [0.5, 0.6) is 0 Å². The van der Waals surface area contributed by atoms with Gasteiger partial charge in [-0.15, -0.1) is 0 Å². The summed E-state index contributed by atoms with van der Waals surface area (Å²) in [5.41, 5.74) is 0. The Kier molecular flexibility index (Phi) is 39.2. The Bertz CT molecular complexity index is 1030. The summed E-state index contributed by atoms with van der Waals surface area (Å²) in [5.74, 6) is -0.218. The van der Waals surface area contributed by atoms with Gasteiger partial charge in [-0.1, -0.05) is 185 Å². The summed E-state index contributed by atoms with van der Waals surface area (Å²) < 4.78 is 23.2. The van der Waals surface area contributed by atoms with Gasteiger partial charge in [-0.3, -0.25) is 9.36 Å². The third-order valence-electron chi connectivity index (χ3n) is 10.6. The molecule has 0 aromatic rings. The number of carbonyl (C=O) groups excluding carboxylic acids is 1. The molecule has 3 atom stereocenters. The summed E-state index contributed by atoms with van der Waals surface area (Å²) in [4.78, 5) is 25.3. The van der Waals surface area contributed by atoms with Crippen molar-refractivity contribution >= 4 is 13.7 Å². The number of hydrogen-bond donors (Lipinski definition) is 2. The molecule has 336 valence electrons. The third kappa shape index (κ3) is 42.6. The number of likely N-dealkylation sites (N-methyl/N-ethyl adjacent to an activating group) is 1. The number of aliphatic hydroxyl groups excluding tert-OH is 1. The summed E-state index contributed by atoms with van der Waals surface area (Å²) in [5, 5.41) is 13.8. The average molecular weight is 825 g/mol. The molecule has 2 N–H and O–H groups in total. The van der Waals surface area contributed by atoms with Crippen molar-refractivity contribution in [2.24, 2.45) is 0 Å². The number of phosphoric ester groups is 1. The van der Waals surface area contributed by atoms with Gasteiger partial charge in [-0.25, -0.2) is 0 Å². The second kappa shape index (κ2) is 40.1. The molecule has 0 bridgehead atoms. The monoisotopic (exact) mass is 825 g/mol. The van der Waals surface area contributed by atoms with Crippen molar-refractivity contribution in [2.45, 2.75) is 225 Å². The van der Waals surface area contributed by atoms with Crippen molar-refractivity contribution in [1.29, 1.82) is 0 Å². The number of unbranched alkanes of at least 4 members (excludes halogenated alkanes) is 26. The van der Waals surface area contributed by atoms with E-state index in [4.69, 9.17) is 9.05 Å². The summed E-state index contributed by atoms with van der Waals surface area (Å²) >= 11 is 0. The van der Waals surface area contributed by atoms with Crippen LogP contribution in [0.1, 0.15) is 213 Å². The fourth-order valence-corrected chi connectivity index (χ4v) is 7.47. The van der Waals surface area contributed by atoms with E-state index in [2.05, 4.69) is 43.5 Å². The van der Waals surface area contributed by atoms with Crippen molar-refractivity contribution in [2.75, 3.05) is 40.9 Å². The molecule has 0 aliphatic heterocycles. The van der Waals surface area contributed by atoms with Crippen LogP contribution in [-0.2, 0) is 18.4 Å². The van der Waals surface area contributed by atoms with Gasteiger partial charge >= 0.3 is 0 Å². The van der Waals surface area contributed by atoms with E-state index in [0.717, 1.165) is 57.8 Å². The zero-order chi connectivity index (χ0) is 42.1. The maximum atomic E-state index is 12.8. The molecule has 0 saturated carbocycles. The second-order valence-electron chi connectivity index (χ2n) is 17.5. The number of carbonyl (C=O) groups is 1. The number of hydrogen-bond acceptors (Lipinski definition) is 6. The zero-order valence-electron chi connectivity index (χ0n) is 38.0. The lowest BCUT2D eigenvalue weighted by Gasteiger charge is -2.29. The van der Waals surface area contributed by atoms with E-state index in [1.807, 2.05) is 27.2 Å². The van der Waals surface area contributed by atoms with Gasteiger partial charge in [-0.2, -0.15) is 0 Å². The van der Waals surface area contributed by atoms with Crippen LogP contribution in [0.25, 0.3) is 0 Å². The number of phosphoric acid groups is 1. The highest BCUT2D eigenvalue weighted by atomic mass is 31.2. The molecule has 0 fully saturated rings. The molecule has 0 aliphatic carbocycles. The molecule has 0 aromatic heterocycles. The maximum absolute atomic E-state index is 12.8. The van der Waals surface area contributed by atoms with Crippen LogP contribution < -0.4 is 10.2 Å². The van der Waals surface area contributed by atoms with Crippen LogP contribution in [0.2, 0.25) is 0 Å². The minimum atomic E-state index is -4.60. The molecule has 0 aromatic carbocycles. The molecule has 57 heavy (non-hydrogen) atoms. The molecule has 9 heteroatoms. The van der Waals surface area contributed by atoms with Crippen LogP contribution >= 0.6 is 7.82 Å². The average Bonchev–Trinajstić information content (AvgIpc) is 3.16. The summed E-state index contributed by atoms with van der Waals surface area (Å²) in [7, 11) is 1.24. The molecule has 3 unspecified atom stereocenters. The van der Waals surface area contributed by atoms with Crippen LogP contribution in [0.15, 0.2) is 36.5 Å². The number of amides is 1. The van der Waals surface area contributed by atoms with Crippen molar-refractivity contribution in [3.63, 3.8) is 0 Å². The van der Waals surface area contributed by atoms with E-state index in [-0.39, 0.29) is 12.5 Å². The third-order valence-corrected chi connectivity index (χ3v) is 11.5. The largest absolute Gasteiger partial charge is 0.756 e.